The molecule has 116 valence electrons. The molecule has 0 fully saturated rings. The second kappa shape index (κ2) is 7.17. The molecule has 2 aromatic rings. The zero-order valence-electron chi connectivity index (χ0n) is 12.1. The van der Waals surface area contributed by atoms with E-state index in [4.69, 9.17) is 0 Å². The Morgan fingerprint density at radius 3 is 2.95 bits per heavy atom. The lowest BCUT2D eigenvalue weighted by Gasteiger charge is -2.13. The summed E-state index contributed by atoms with van der Waals surface area (Å²) >= 11 is 1.45. The first-order valence-corrected chi connectivity index (χ1v) is 9.13. The van der Waals surface area contributed by atoms with Gasteiger partial charge in [-0.05, 0) is 19.5 Å². The fourth-order valence-electron chi connectivity index (χ4n) is 1.92. The summed E-state index contributed by atoms with van der Waals surface area (Å²) in [6, 6.07) is 1.51. The quantitative estimate of drug-likeness (QED) is 0.768. The average molecular weight is 328 g/mol. The molecule has 2 aromatic heterocycles. The highest BCUT2D eigenvalue weighted by atomic mass is 32.2. The van der Waals surface area contributed by atoms with Crippen LogP contribution >= 0.6 is 11.3 Å². The first-order valence-electron chi connectivity index (χ1n) is 6.77. The minimum Gasteiger partial charge on any atom is -0.336 e. The van der Waals surface area contributed by atoms with Gasteiger partial charge in [0.05, 0.1) is 11.2 Å². The van der Waals surface area contributed by atoms with E-state index in [0.717, 1.165) is 11.4 Å². The van der Waals surface area contributed by atoms with Crippen molar-refractivity contribution < 1.29 is 8.42 Å². The van der Waals surface area contributed by atoms with Gasteiger partial charge >= 0.3 is 0 Å². The van der Waals surface area contributed by atoms with E-state index in [9.17, 15) is 8.42 Å². The minimum atomic E-state index is -3.47. The Bertz CT molecular complexity index is 650. The molecule has 21 heavy (non-hydrogen) atoms. The second-order valence-corrected chi connectivity index (χ2v) is 7.52. The Hall–Kier alpha value is -1.22. The fraction of sp³-hybridized carbons (Fsp3) is 0.462. The molecule has 0 saturated carbocycles. The third kappa shape index (κ3) is 4.63. The van der Waals surface area contributed by atoms with Crippen molar-refractivity contribution in [3.05, 3.63) is 35.0 Å². The van der Waals surface area contributed by atoms with Crippen molar-refractivity contribution in [2.75, 3.05) is 6.54 Å². The SMILES string of the molecule is CCNCc1cc(S(=O)(=O)NC(C)Cn2ccnc2)cs1. The summed E-state index contributed by atoms with van der Waals surface area (Å²) in [4.78, 5) is 5.29. The Labute approximate surface area is 129 Å². The van der Waals surface area contributed by atoms with Crippen LogP contribution in [-0.4, -0.2) is 30.6 Å². The highest BCUT2D eigenvalue weighted by molar-refractivity contribution is 7.89. The molecular formula is C13H20N4O2S2. The first-order chi connectivity index (χ1) is 10.0. The lowest BCUT2D eigenvalue weighted by molar-refractivity contribution is 0.520. The average Bonchev–Trinajstić information content (AvgIpc) is 3.06. The maximum absolute atomic E-state index is 12.3. The van der Waals surface area contributed by atoms with Gasteiger partial charge in [0.1, 0.15) is 0 Å². The Kier molecular flexibility index (Phi) is 5.51. The predicted octanol–water partition coefficient (Wildman–Crippen LogP) is 1.42. The molecule has 0 aromatic carbocycles. The molecule has 1 atom stereocenters. The van der Waals surface area contributed by atoms with Crippen molar-refractivity contribution in [3.8, 4) is 0 Å². The molecule has 0 saturated heterocycles. The predicted molar refractivity (Wildman–Crippen MR) is 83.7 cm³/mol. The van der Waals surface area contributed by atoms with Crippen LogP contribution in [-0.2, 0) is 23.1 Å². The molecular weight excluding hydrogens is 308 g/mol. The number of thiophene rings is 1. The van der Waals surface area contributed by atoms with Gasteiger partial charge in [-0.1, -0.05) is 6.92 Å². The zero-order valence-corrected chi connectivity index (χ0v) is 13.7. The summed E-state index contributed by atoms with van der Waals surface area (Å²) in [5, 5.41) is 4.86. The van der Waals surface area contributed by atoms with Gasteiger partial charge in [-0.2, -0.15) is 0 Å². The van der Waals surface area contributed by atoms with Crippen LogP contribution in [0.1, 0.15) is 18.7 Å². The van der Waals surface area contributed by atoms with E-state index in [2.05, 4.69) is 15.0 Å². The van der Waals surface area contributed by atoms with Gasteiger partial charge < -0.3 is 9.88 Å². The minimum absolute atomic E-state index is 0.207. The van der Waals surface area contributed by atoms with E-state index in [1.54, 1.807) is 24.0 Å². The molecule has 0 radical (unpaired) electrons. The van der Waals surface area contributed by atoms with Crippen molar-refractivity contribution in [1.82, 2.24) is 19.6 Å². The topological polar surface area (TPSA) is 76.0 Å². The number of nitrogens with one attached hydrogen (secondary N) is 2. The van der Waals surface area contributed by atoms with E-state index in [1.165, 1.54) is 11.3 Å². The first kappa shape index (κ1) is 16.2. The molecule has 6 nitrogen and oxygen atoms in total. The normalized spacial score (nSPS) is 13.4. The summed E-state index contributed by atoms with van der Waals surface area (Å²) in [6.07, 6.45) is 5.15. The van der Waals surface area contributed by atoms with Crippen LogP contribution < -0.4 is 10.0 Å². The molecule has 0 spiro atoms. The van der Waals surface area contributed by atoms with Gasteiger partial charge in [0, 0.05) is 41.8 Å². The smallest absolute Gasteiger partial charge is 0.241 e. The van der Waals surface area contributed by atoms with Crippen LogP contribution in [0, 0.1) is 0 Å². The Balaban J connectivity index is 1.98. The van der Waals surface area contributed by atoms with Gasteiger partial charge in [-0.25, -0.2) is 18.1 Å². The standard InChI is InChI=1S/C13H20N4O2S2/c1-3-14-7-12-6-13(9-20-12)21(18,19)16-11(2)8-17-5-4-15-10-17/h4-6,9-11,14,16H,3,7-8H2,1-2H3. The highest BCUT2D eigenvalue weighted by Crippen LogP contribution is 2.19. The van der Waals surface area contributed by atoms with E-state index in [0.29, 0.717) is 18.0 Å². The largest absolute Gasteiger partial charge is 0.336 e. The zero-order chi connectivity index (χ0) is 15.3. The van der Waals surface area contributed by atoms with Crippen molar-refractivity contribution in [3.63, 3.8) is 0 Å². The number of imidazole rings is 1. The van der Waals surface area contributed by atoms with Gasteiger partial charge in [-0.15, -0.1) is 11.3 Å². The van der Waals surface area contributed by atoms with Crippen LogP contribution in [0.15, 0.2) is 35.1 Å². The third-order valence-corrected chi connectivity index (χ3v) is 5.54. The molecule has 0 aliphatic rings. The van der Waals surface area contributed by atoms with E-state index in [1.807, 2.05) is 24.6 Å². The monoisotopic (exact) mass is 328 g/mol. The fourth-order valence-corrected chi connectivity index (χ4v) is 4.40. The number of nitrogens with zero attached hydrogens (tertiary/aromatic N) is 2. The summed E-state index contributed by atoms with van der Waals surface area (Å²) in [5.74, 6) is 0. The molecule has 0 bridgehead atoms. The lowest BCUT2D eigenvalue weighted by atomic mass is 10.4. The number of hydrogen-bond acceptors (Lipinski definition) is 5. The summed E-state index contributed by atoms with van der Waals surface area (Å²) in [7, 11) is -3.47. The molecule has 1 unspecified atom stereocenters. The number of sulfonamides is 1. The number of rotatable bonds is 8. The van der Waals surface area contributed by atoms with Gasteiger partial charge in [0.25, 0.3) is 0 Å². The summed E-state index contributed by atoms with van der Waals surface area (Å²) in [6.45, 7) is 5.96. The molecule has 2 N–H and O–H groups in total. The van der Waals surface area contributed by atoms with Gasteiger partial charge in [-0.3, -0.25) is 0 Å². The van der Waals surface area contributed by atoms with Gasteiger partial charge in [0.2, 0.25) is 10.0 Å². The third-order valence-electron chi connectivity index (χ3n) is 2.89. The number of aromatic nitrogens is 2. The second-order valence-electron chi connectivity index (χ2n) is 4.81. The maximum atomic E-state index is 12.3. The van der Waals surface area contributed by atoms with E-state index >= 15 is 0 Å². The highest BCUT2D eigenvalue weighted by Gasteiger charge is 2.19. The van der Waals surface area contributed by atoms with Crippen LogP contribution in [0.4, 0.5) is 0 Å². The summed E-state index contributed by atoms with van der Waals surface area (Å²) in [5.41, 5.74) is 0. The molecule has 2 heterocycles. The van der Waals surface area contributed by atoms with Crippen LogP contribution in [0.3, 0.4) is 0 Å². The van der Waals surface area contributed by atoms with E-state index < -0.39 is 10.0 Å². The lowest BCUT2D eigenvalue weighted by Crippen LogP contribution is -2.35. The molecule has 2 rings (SSSR count). The summed E-state index contributed by atoms with van der Waals surface area (Å²) < 4.78 is 29.2. The van der Waals surface area contributed by atoms with Crippen molar-refractivity contribution in [2.45, 2.75) is 37.9 Å². The number of hydrogen-bond donors (Lipinski definition) is 2. The molecule has 8 heteroatoms. The van der Waals surface area contributed by atoms with Crippen LogP contribution in [0.2, 0.25) is 0 Å². The van der Waals surface area contributed by atoms with Crippen molar-refractivity contribution in [2.24, 2.45) is 0 Å². The van der Waals surface area contributed by atoms with Gasteiger partial charge in [0.15, 0.2) is 0 Å². The van der Waals surface area contributed by atoms with Crippen molar-refractivity contribution >= 4 is 21.4 Å². The maximum Gasteiger partial charge on any atom is 0.241 e. The van der Waals surface area contributed by atoms with Crippen LogP contribution in [0.5, 0.6) is 0 Å². The molecule has 0 aliphatic heterocycles. The Morgan fingerprint density at radius 1 is 1.48 bits per heavy atom. The molecule has 0 amide bonds. The van der Waals surface area contributed by atoms with Crippen molar-refractivity contribution in [1.29, 1.82) is 0 Å². The van der Waals surface area contributed by atoms with E-state index in [-0.39, 0.29) is 6.04 Å². The van der Waals surface area contributed by atoms with Crippen LogP contribution in [0.25, 0.3) is 0 Å². The molecule has 0 aliphatic carbocycles. The Morgan fingerprint density at radius 2 is 2.29 bits per heavy atom.